The third-order valence-corrected chi connectivity index (χ3v) is 4.75. The van der Waals surface area contributed by atoms with Crippen LogP contribution in [0.1, 0.15) is 21.7 Å². The Morgan fingerprint density at radius 1 is 1.00 bits per heavy atom. The Labute approximate surface area is 189 Å². The zero-order chi connectivity index (χ0) is 23.4. The summed E-state index contributed by atoms with van der Waals surface area (Å²) in [6.07, 6.45) is 2.17. The fourth-order valence-corrected chi connectivity index (χ4v) is 3.18. The molecule has 0 bridgehead atoms. The van der Waals surface area contributed by atoms with Gasteiger partial charge in [0.05, 0.1) is 5.52 Å². The lowest BCUT2D eigenvalue weighted by atomic mass is 10.1. The number of aromatic nitrogens is 3. The van der Waals surface area contributed by atoms with Crippen LogP contribution in [0.3, 0.4) is 0 Å². The van der Waals surface area contributed by atoms with Crippen molar-refractivity contribution in [3.63, 3.8) is 0 Å². The predicted octanol–water partition coefficient (Wildman–Crippen LogP) is 3.04. The zero-order valence-electron chi connectivity index (χ0n) is 17.7. The molecule has 0 aliphatic carbocycles. The lowest BCUT2D eigenvalue weighted by Gasteiger charge is -2.10. The summed E-state index contributed by atoms with van der Waals surface area (Å²) in [5.41, 5.74) is 15.2. The minimum atomic E-state index is -0.646. The van der Waals surface area contributed by atoms with E-state index < -0.39 is 12.0 Å². The second-order valence-corrected chi connectivity index (χ2v) is 7.22. The fraction of sp³-hybridized carbons (Fsp3) is 0.0870. The predicted molar refractivity (Wildman–Crippen MR) is 125 cm³/mol. The van der Waals surface area contributed by atoms with E-state index in [-0.39, 0.29) is 18.1 Å². The molecule has 2 aromatic heterocycles. The number of hydrogen-bond donors (Lipinski definition) is 4. The molecule has 0 spiro atoms. The van der Waals surface area contributed by atoms with Gasteiger partial charge in [0.25, 0.3) is 5.91 Å². The van der Waals surface area contributed by atoms with Crippen molar-refractivity contribution in [2.24, 2.45) is 0 Å². The highest BCUT2D eigenvalue weighted by molar-refractivity contribution is 5.96. The smallest absolute Gasteiger partial charge is 0.410 e. The molecule has 10 nitrogen and oxygen atoms in total. The van der Waals surface area contributed by atoms with Gasteiger partial charge in [-0.05, 0) is 48.9 Å². The van der Waals surface area contributed by atoms with Gasteiger partial charge in [-0.25, -0.2) is 14.8 Å². The SMILES string of the molecule is Cc1cc(N)c2cc(OC(=O)Nc3ccc(CNC(=O)c4nccnc4N)cc3)ccc2n1. The van der Waals surface area contributed by atoms with Crippen molar-refractivity contribution >= 4 is 40.1 Å². The first-order valence-corrected chi connectivity index (χ1v) is 9.98. The number of fused-ring (bicyclic) bond motifs is 1. The quantitative estimate of drug-likeness (QED) is 0.366. The Balaban J connectivity index is 1.34. The van der Waals surface area contributed by atoms with Crippen molar-refractivity contribution in [2.75, 3.05) is 16.8 Å². The molecule has 2 aromatic carbocycles. The Morgan fingerprint density at radius 3 is 2.52 bits per heavy atom. The highest BCUT2D eigenvalue weighted by atomic mass is 16.6. The van der Waals surface area contributed by atoms with E-state index in [2.05, 4.69) is 25.6 Å². The van der Waals surface area contributed by atoms with Crippen molar-refractivity contribution < 1.29 is 14.3 Å². The Hall–Kier alpha value is -4.73. The summed E-state index contributed by atoms with van der Waals surface area (Å²) in [4.78, 5) is 36.6. The monoisotopic (exact) mass is 443 g/mol. The molecule has 0 aliphatic heterocycles. The summed E-state index contributed by atoms with van der Waals surface area (Å²) >= 11 is 0. The highest BCUT2D eigenvalue weighted by Crippen LogP contribution is 2.25. The van der Waals surface area contributed by atoms with Crippen molar-refractivity contribution in [1.29, 1.82) is 0 Å². The van der Waals surface area contributed by atoms with Gasteiger partial charge in [0, 0.05) is 41.4 Å². The van der Waals surface area contributed by atoms with Gasteiger partial charge < -0.3 is 21.5 Å². The molecule has 4 rings (SSSR count). The van der Waals surface area contributed by atoms with Gasteiger partial charge in [0.2, 0.25) is 0 Å². The van der Waals surface area contributed by atoms with Gasteiger partial charge in [0.15, 0.2) is 11.5 Å². The number of rotatable bonds is 5. The largest absolute Gasteiger partial charge is 0.417 e. The van der Waals surface area contributed by atoms with Crippen LogP contribution in [-0.2, 0) is 6.54 Å². The van der Waals surface area contributed by atoms with E-state index >= 15 is 0 Å². The van der Waals surface area contributed by atoms with E-state index in [1.54, 1.807) is 48.5 Å². The van der Waals surface area contributed by atoms with Crippen LogP contribution in [0.5, 0.6) is 5.75 Å². The average Bonchev–Trinajstić information content (AvgIpc) is 2.79. The molecule has 0 saturated heterocycles. The number of nitrogens with two attached hydrogens (primary N) is 2. The first kappa shape index (κ1) is 21.5. The zero-order valence-corrected chi connectivity index (χ0v) is 17.7. The number of ether oxygens (including phenoxy) is 1. The number of hydrogen-bond acceptors (Lipinski definition) is 8. The number of nitrogens with zero attached hydrogens (tertiary/aromatic N) is 3. The second-order valence-electron chi connectivity index (χ2n) is 7.22. The van der Waals surface area contributed by atoms with Crippen molar-refractivity contribution in [3.8, 4) is 5.75 Å². The van der Waals surface area contributed by atoms with Crippen LogP contribution in [0.25, 0.3) is 10.9 Å². The number of benzene rings is 2. The molecule has 0 radical (unpaired) electrons. The van der Waals surface area contributed by atoms with Crippen molar-refractivity contribution in [3.05, 3.63) is 77.9 Å². The lowest BCUT2D eigenvalue weighted by Crippen LogP contribution is -2.25. The van der Waals surface area contributed by atoms with Gasteiger partial charge in [-0.1, -0.05) is 12.1 Å². The van der Waals surface area contributed by atoms with Crippen LogP contribution in [0.2, 0.25) is 0 Å². The number of pyridine rings is 1. The van der Waals surface area contributed by atoms with E-state index in [0.29, 0.717) is 22.5 Å². The van der Waals surface area contributed by atoms with Gasteiger partial charge in [-0.2, -0.15) is 0 Å². The maximum absolute atomic E-state index is 12.3. The molecule has 0 atom stereocenters. The summed E-state index contributed by atoms with van der Waals surface area (Å²) in [6, 6.07) is 13.8. The fourth-order valence-electron chi connectivity index (χ4n) is 3.18. The topological polar surface area (TPSA) is 158 Å². The van der Waals surface area contributed by atoms with E-state index in [1.807, 2.05) is 6.92 Å². The molecule has 166 valence electrons. The molecule has 0 unspecified atom stereocenters. The first-order valence-electron chi connectivity index (χ1n) is 9.98. The van der Waals surface area contributed by atoms with Gasteiger partial charge >= 0.3 is 6.09 Å². The van der Waals surface area contributed by atoms with Gasteiger partial charge in [-0.3, -0.25) is 15.1 Å². The van der Waals surface area contributed by atoms with E-state index in [1.165, 1.54) is 12.4 Å². The maximum Gasteiger partial charge on any atom is 0.417 e. The number of nitrogen functional groups attached to an aromatic ring is 2. The van der Waals surface area contributed by atoms with Crippen LogP contribution in [0, 0.1) is 6.92 Å². The second kappa shape index (κ2) is 9.18. The molecule has 0 saturated carbocycles. The average molecular weight is 443 g/mol. The number of nitrogens with one attached hydrogen (secondary N) is 2. The van der Waals surface area contributed by atoms with Crippen molar-refractivity contribution in [2.45, 2.75) is 13.5 Å². The summed E-state index contributed by atoms with van der Waals surface area (Å²) in [7, 11) is 0. The van der Waals surface area contributed by atoms with Crippen LogP contribution in [0.15, 0.2) is 60.9 Å². The van der Waals surface area contributed by atoms with Crippen molar-refractivity contribution in [1.82, 2.24) is 20.3 Å². The Kier molecular flexibility index (Phi) is 5.98. The summed E-state index contributed by atoms with van der Waals surface area (Å²) in [5.74, 6) is -0.0127. The minimum Gasteiger partial charge on any atom is -0.410 e. The molecule has 33 heavy (non-hydrogen) atoms. The molecular weight excluding hydrogens is 422 g/mol. The number of carbonyl (C=O) groups is 2. The molecule has 2 heterocycles. The number of carbonyl (C=O) groups excluding carboxylic acids is 2. The number of aryl methyl sites for hydroxylation is 1. The maximum atomic E-state index is 12.3. The van der Waals surface area contributed by atoms with Gasteiger partial charge in [0.1, 0.15) is 5.75 Å². The molecule has 2 amide bonds. The molecule has 0 aliphatic rings. The van der Waals surface area contributed by atoms with Gasteiger partial charge in [-0.15, -0.1) is 0 Å². The third-order valence-electron chi connectivity index (χ3n) is 4.75. The molecule has 6 N–H and O–H groups in total. The normalized spacial score (nSPS) is 10.6. The molecule has 10 heteroatoms. The van der Waals surface area contributed by atoms with Crippen LogP contribution >= 0.6 is 0 Å². The summed E-state index contributed by atoms with van der Waals surface area (Å²) in [6.45, 7) is 2.12. The third kappa shape index (κ3) is 5.13. The number of amides is 2. The summed E-state index contributed by atoms with van der Waals surface area (Å²) < 4.78 is 5.37. The first-order chi connectivity index (χ1) is 15.9. The summed E-state index contributed by atoms with van der Waals surface area (Å²) in [5, 5.41) is 6.09. The lowest BCUT2D eigenvalue weighted by molar-refractivity contribution is 0.0946. The highest BCUT2D eigenvalue weighted by Gasteiger charge is 2.12. The van der Waals surface area contributed by atoms with Crippen LogP contribution in [0.4, 0.5) is 22.0 Å². The number of anilines is 3. The molecule has 0 fully saturated rings. The minimum absolute atomic E-state index is 0.0635. The van der Waals surface area contributed by atoms with Crippen LogP contribution in [-0.4, -0.2) is 27.0 Å². The Bertz CT molecular complexity index is 1340. The van der Waals surface area contributed by atoms with E-state index in [0.717, 1.165) is 16.8 Å². The molecular formula is C23H21N7O3. The van der Waals surface area contributed by atoms with E-state index in [4.69, 9.17) is 16.2 Å². The van der Waals surface area contributed by atoms with Crippen LogP contribution < -0.4 is 26.8 Å². The Morgan fingerprint density at radius 2 is 1.76 bits per heavy atom. The molecule has 4 aromatic rings. The van der Waals surface area contributed by atoms with E-state index in [9.17, 15) is 9.59 Å². The standard InChI is InChI=1S/C23H21N7O3/c1-13-10-18(24)17-11-16(6-7-19(17)29-13)33-23(32)30-15-4-2-14(3-5-15)12-28-22(31)20-21(25)27-9-8-26-20/h2-11H,12H2,1H3,(H2,24,29)(H2,25,27)(H,28,31)(H,30,32).